The predicted molar refractivity (Wildman–Crippen MR) is 64.2 cm³/mol. The Balaban J connectivity index is 2.28. The van der Waals surface area contributed by atoms with Crippen molar-refractivity contribution in [1.82, 2.24) is 0 Å². The number of anilines is 1. The number of aromatic hydroxyl groups is 1. The molecule has 0 fully saturated rings. The summed E-state index contributed by atoms with van der Waals surface area (Å²) in [5.74, 6) is 0.153. The molecule has 1 aromatic heterocycles. The monoisotopic (exact) mass is 231 g/mol. The number of hydrogen-bond acceptors (Lipinski definition) is 3. The average molecular weight is 231 g/mol. The second-order valence-corrected chi connectivity index (χ2v) is 3.89. The molecular formula is C13H13NO3. The van der Waals surface area contributed by atoms with Crippen molar-refractivity contribution in [2.45, 2.75) is 13.8 Å². The first-order chi connectivity index (χ1) is 8.08. The molecule has 4 heteroatoms. The van der Waals surface area contributed by atoms with E-state index in [1.807, 2.05) is 13.8 Å². The van der Waals surface area contributed by atoms with Gasteiger partial charge >= 0.3 is 0 Å². The lowest BCUT2D eigenvalue weighted by molar-refractivity contribution is 0.0996. The van der Waals surface area contributed by atoms with Crippen LogP contribution in [0.2, 0.25) is 0 Å². The Morgan fingerprint density at radius 3 is 2.47 bits per heavy atom. The first-order valence-corrected chi connectivity index (χ1v) is 5.23. The summed E-state index contributed by atoms with van der Waals surface area (Å²) in [5, 5.41) is 12.2. The number of carbonyl (C=O) groups excluding carboxylic acids is 1. The highest BCUT2D eigenvalue weighted by atomic mass is 16.3. The number of aryl methyl sites for hydroxylation is 2. The molecule has 0 spiro atoms. The van der Waals surface area contributed by atoms with Crippen molar-refractivity contribution in [3.05, 3.63) is 47.4 Å². The zero-order valence-corrected chi connectivity index (χ0v) is 9.65. The zero-order valence-electron chi connectivity index (χ0n) is 9.65. The van der Waals surface area contributed by atoms with Gasteiger partial charge in [0.15, 0.2) is 5.76 Å². The third-order valence-corrected chi connectivity index (χ3v) is 2.50. The highest BCUT2D eigenvalue weighted by Crippen LogP contribution is 2.25. The van der Waals surface area contributed by atoms with Gasteiger partial charge in [0.25, 0.3) is 5.91 Å². The normalized spacial score (nSPS) is 10.2. The van der Waals surface area contributed by atoms with Crippen LogP contribution in [-0.2, 0) is 0 Å². The molecule has 1 heterocycles. The molecule has 1 aromatic carbocycles. The summed E-state index contributed by atoms with van der Waals surface area (Å²) in [6, 6.07) is 6.46. The smallest absolute Gasteiger partial charge is 0.291 e. The van der Waals surface area contributed by atoms with Crippen LogP contribution in [-0.4, -0.2) is 11.0 Å². The lowest BCUT2D eigenvalue weighted by Gasteiger charge is -2.11. The number of rotatable bonds is 2. The minimum absolute atomic E-state index is 0.191. The first kappa shape index (κ1) is 11.3. The van der Waals surface area contributed by atoms with Gasteiger partial charge in [-0.1, -0.05) is 0 Å². The van der Waals surface area contributed by atoms with Crippen molar-refractivity contribution in [2.75, 3.05) is 5.32 Å². The summed E-state index contributed by atoms with van der Waals surface area (Å²) < 4.78 is 5.01. The van der Waals surface area contributed by atoms with Gasteiger partial charge in [0.2, 0.25) is 0 Å². The van der Waals surface area contributed by atoms with Crippen molar-refractivity contribution < 1.29 is 14.3 Å². The topological polar surface area (TPSA) is 62.5 Å². The Bertz CT molecular complexity index is 521. The maximum atomic E-state index is 11.8. The number of hydrogen-bond donors (Lipinski definition) is 2. The Hall–Kier alpha value is -2.23. The van der Waals surface area contributed by atoms with Crippen LogP contribution in [0.5, 0.6) is 5.75 Å². The number of carbonyl (C=O) groups is 1. The molecule has 2 aromatic rings. The molecule has 17 heavy (non-hydrogen) atoms. The van der Waals surface area contributed by atoms with Gasteiger partial charge in [0.1, 0.15) is 5.75 Å². The molecule has 0 bridgehead atoms. The van der Waals surface area contributed by atoms with Crippen molar-refractivity contribution in [1.29, 1.82) is 0 Å². The molecule has 0 aliphatic heterocycles. The molecule has 0 unspecified atom stereocenters. The van der Waals surface area contributed by atoms with Crippen molar-refractivity contribution >= 4 is 11.6 Å². The number of phenols is 1. The number of phenolic OH excluding ortho intramolecular Hbond substituents is 1. The SMILES string of the molecule is Cc1cc(O)cc(C)c1NC(=O)c1ccco1. The fraction of sp³-hybridized carbons (Fsp3) is 0.154. The molecule has 0 radical (unpaired) electrons. The van der Waals surface area contributed by atoms with Gasteiger partial charge in [-0.25, -0.2) is 0 Å². The molecule has 2 rings (SSSR count). The lowest BCUT2D eigenvalue weighted by atomic mass is 10.1. The van der Waals surface area contributed by atoms with Gasteiger partial charge in [-0.15, -0.1) is 0 Å². The molecule has 0 aliphatic carbocycles. The van der Waals surface area contributed by atoms with E-state index < -0.39 is 0 Å². The second kappa shape index (κ2) is 4.33. The quantitative estimate of drug-likeness (QED) is 0.781. The zero-order chi connectivity index (χ0) is 12.4. The lowest BCUT2D eigenvalue weighted by Crippen LogP contribution is -2.12. The number of furan rings is 1. The van der Waals surface area contributed by atoms with Crippen LogP contribution in [0.3, 0.4) is 0 Å². The van der Waals surface area contributed by atoms with Gasteiger partial charge in [-0.3, -0.25) is 4.79 Å². The number of amides is 1. The molecule has 0 aliphatic rings. The van der Waals surface area contributed by atoms with E-state index in [4.69, 9.17) is 4.42 Å². The summed E-state index contributed by atoms with van der Waals surface area (Å²) in [5.41, 5.74) is 2.31. The number of benzene rings is 1. The van der Waals surface area contributed by atoms with E-state index in [1.165, 1.54) is 6.26 Å². The third-order valence-electron chi connectivity index (χ3n) is 2.50. The molecular weight excluding hydrogens is 218 g/mol. The predicted octanol–water partition coefficient (Wildman–Crippen LogP) is 2.85. The van der Waals surface area contributed by atoms with Crippen molar-refractivity contribution in [2.24, 2.45) is 0 Å². The van der Waals surface area contributed by atoms with E-state index in [1.54, 1.807) is 24.3 Å². The maximum absolute atomic E-state index is 11.8. The van der Waals surface area contributed by atoms with Crippen LogP contribution in [0.1, 0.15) is 21.7 Å². The molecule has 0 saturated heterocycles. The number of nitrogens with one attached hydrogen (secondary N) is 1. The summed E-state index contributed by atoms with van der Waals surface area (Å²) in [6.07, 6.45) is 1.45. The van der Waals surface area contributed by atoms with Crippen molar-refractivity contribution in [3.8, 4) is 5.75 Å². The Labute approximate surface area is 98.9 Å². The van der Waals surface area contributed by atoms with Gasteiger partial charge in [0, 0.05) is 5.69 Å². The molecule has 0 atom stereocenters. The summed E-state index contributed by atoms with van der Waals surface area (Å²) >= 11 is 0. The van der Waals surface area contributed by atoms with Gasteiger partial charge in [-0.05, 0) is 49.2 Å². The van der Waals surface area contributed by atoms with E-state index in [0.29, 0.717) is 5.69 Å². The van der Waals surface area contributed by atoms with E-state index in [0.717, 1.165) is 11.1 Å². The van der Waals surface area contributed by atoms with E-state index in [9.17, 15) is 9.90 Å². The van der Waals surface area contributed by atoms with E-state index >= 15 is 0 Å². The highest BCUT2D eigenvalue weighted by Gasteiger charge is 2.12. The Kier molecular flexibility index (Phi) is 2.87. The van der Waals surface area contributed by atoms with Crippen LogP contribution in [0.25, 0.3) is 0 Å². The highest BCUT2D eigenvalue weighted by molar-refractivity contribution is 6.03. The average Bonchev–Trinajstić information content (AvgIpc) is 2.76. The van der Waals surface area contributed by atoms with Gasteiger partial charge in [-0.2, -0.15) is 0 Å². The minimum atomic E-state index is -0.299. The minimum Gasteiger partial charge on any atom is -0.508 e. The van der Waals surface area contributed by atoms with E-state index in [-0.39, 0.29) is 17.4 Å². The third kappa shape index (κ3) is 2.30. The fourth-order valence-corrected chi connectivity index (χ4v) is 1.72. The molecule has 88 valence electrons. The summed E-state index contributed by atoms with van der Waals surface area (Å²) in [7, 11) is 0. The van der Waals surface area contributed by atoms with Crippen LogP contribution >= 0.6 is 0 Å². The van der Waals surface area contributed by atoms with Gasteiger partial charge < -0.3 is 14.8 Å². The summed E-state index contributed by atoms with van der Waals surface area (Å²) in [6.45, 7) is 3.65. The van der Waals surface area contributed by atoms with E-state index in [2.05, 4.69) is 5.32 Å². The standard InChI is InChI=1S/C13H13NO3/c1-8-6-10(15)7-9(2)12(8)14-13(16)11-4-3-5-17-11/h3-7,15H,1-2H3,(H,14,16). The molecule has 4 nitrogen and oxygen atoms in total. The fourth-order valence-electron chi connectivity index (χ4n) is 1.72. The maximum Gasteiger partial charge on any atom is 0.291 e. The molecule has 2 N–H and O–H groups in total. The Morgan fingerprint density at radius 2 is 1.94 bits per heavy atom. The van der Waals surface area contributed by atoms with Gasteiger partial charge in [0.05, 0.1) is 6.26 Å². The Morgan fingerprint density at radius 1 is 1.29 bits per heavy atom. The second-order valence-electron chi connectivity index (χ2n) is 3.89. The summed E-state index contributed by atoms with van der Waals surface area (Å²) in [4.78, 5) is 11.8. The van der Waals surface area contributed by atoms with Crippen LogP contribution in [0.15, 0.2) is 34.9 Å². The van der Waals surface area contributed by atoms with Crippen LogP contribution in [0.4, 0.5) is 5.69 Å². The first-order valence-electron chi connectivity index (χ1n) is 5.23. The van der Waals surface area contributed by atoms with Crippen LogP contribution in [0, 0.1) is 13.8 Å². The molecule has 1 amide bonds. The van der Waals surface area contributed by atoms with Crippen LogP contribution < -0.4 is 5.32 Å². The van der Waals surface area contributed by atoms with Crippen molar-refractivity contribution in [3.63, 3.8) is 0 Å². The largest absolute Gasteiger partial charge is 0.508 e. The molecule has 0 saturated carbocycles.